The van der Waals surface area contributed by atoms with Crippen LogP contribution < -0.4 is 10.1 Å². The molecule has 0 radical (unpaired) electrons. The van der Waals surface area contributed by atoms with Crippen molar-refractivity contribution in [2.75, 3.05) is 5.32 Å². The number of carbonyl (C=O) groups is 1. The molecule has 4 aromatic rings. The Morgan fingerprint density at radius 2 is 1.72 bits per heavy atom. The molecule has 0 aliphatic carbocycles. The van der Waals surface area contributed by atoms with Crippen LogP contribution in [-0.2, 0) is 13.2 Å². The molecule has 0 atom stereocenters. The highest BCUT2D eigenvalue weighted by Crippen LogP contribution is 2.28. The van der Waals surface area contributed by atoms with Gasteiger partial charge in [-0.2, -0.15) is 5.10 Å². The van der Waals surface area contributed by atoms with E-state index in [4.69, 9.17) is 39.5 Å². The lowest BCUT2D eigenvalue weighted by Gasteiger charge is -2.09. The molecule has 0 fully saturated rings. The number of rotatable bonds is 7. The molecule has 4 rings (SSSR count). The molecule has 8 heteroatoms. The van der Waals surface area contributed by atoms with Crippen LogP contribution in [0.3, 0.4) is 0 Å². The fourth-order valence-corrected chi connectivity index (χ4v) is 3.77. The summed E-state index contributed by atoms with van der Waals surface area (Å²) in [5, 5.41) is 8.81. The Hall–Kier alpha value is -2.99. The first kappa shape index (κ1) is 22.2. The van der Waals surface area contributed by atoms with Crippen LogP contribution in [0.2, 0.25) is 15.1 Å². The summed E-state index contributed by atoms with van der Waals surface area (Å²) in [5.41, 5.74) is 2.97. The molecule has 3 aromatic carbocycles. The van der Waals surface area contributed by atoms with E-state index in [0.29, 0.717) is 38.6 Å². The van der Waals surface area contributed by atoms with Crippen LogP contribution in [-0.4, -0.2) is 15.7 Å². The molecule has 0 aliphatic rings. The van der Waals surface area contributed by atoms with Gasteiger partial charge in [0, 0.05) is 21.8 Å². The monoisotopic (exact) mass is 485 g/mol. The first-order valence-electron chi connectivity index (χ1n) is 9.71. The van der Waals surface area contributed by atoms with Crippen LogP contribution in [0.5, 0.6) is 5.75 Å². The van der Waals surface area contributed by atoms with Crippen molar-refractivity contribution >= 4 is 46.4 Å². The van der Waals surface area contributed by atoms with E-state index in [1.54, 1.807) is 53.5 Å². The lowest BCUT2D eigenvalue weighted by molar-refractivity contribution is 0.102. The van der Waals surface area contributed by atoms with Crippen molar-refractivity contribution in [1.82, 2.24) is 9.78 Å². The van der Waals surface area contributed by atoms with E-state index >= 15 is 0 Å². The Balaban J connectivity index is 1.38. The van der Waals surface area contributed by atoms with Crippen molar-refractivity contribution in [2.45, 2.75) is 13.2 Å². The molecule has 0 saturated heterocycles. The fourth-order valence-electron chi connectivity index (χ4n) is 3.10. The lowest BCUT2D eigenvalue weighted by Crippen LogP contribution is -2.12. The van der Waals surface area contributed by atoms with Gasteiger partial charge < -0.3 is 10.1 Å². The van der Waals surface area contributed by atoms with Gasteiger partial charge in [-0.05, 0) is 53.6 Å². The molecule has 0 aliphatic heterocycles. The molecular weight excluding hydrogens is 469 g/mol. The van der Waals surface area contributed by atoms with E-state index in [0.717, 1.165) is 11.1 Å². The van der Waals surface area contributed by atoms with Gasteiger partial charge in [-0.1, -0.05) is 59.1 Å². The molecular formula is C24H18Cl3N3O2. The predicted molar refractivity (Wildman–Crippen MR) is 128 cm³/mol. The number of anilines is 1. The molecule has 1 aromatic heterocycles. The molecule has 1 amide bonds. The molecule has 162 valence electrons. The predicted octanol–water partition coefficient (Wildman–Crippen LogP) is 6.72. The van der Waals surface area contributed by atoms with Crippen LogP contribution >= 0.6 is 34.8 Å². The van der Waals surface area contributed by atoms with Crippen molar-refractivity contribution in [3.63, 3.8) is 0 Å². The van der Waals surface area contributed by atoms with Gasteiger partial charge >= 0.3 is 0 Å². The lowest BCUT2D eigenvalue weighted by atomic mass is 10.1. The summed E-state index contributed by atoms with van der Waals surface area (Å²) < 4.78 is 7.49. The van der Waals surface area contributed by atoms with Crippen LogP contribution in [0.15, 0.2) is 79.1 Å². The second-order valence-electron chi connectivity index (χ2n) is 7.07. The van der Waals surface area contributed by atoms with Crippen molar-refractivity contribution in [1.29, 1.82) is 0 Å². The van der Waals surface area contributed by atoms with Crippen molar-refractivity contribution < 1.29 is 9.53 Å². The minimum Gasteiger partial charge on any atom is -0.487 e. The number of nitrogens with one attached hydrogen (secondary N) is 1. The Kier molecular flexibility index (Phi) is 7.00. The highest BCUT2D eigenvalue weighted by atomic mass is 35.5. The van der Waals surface area contributed by atoms with Gasteiger partial charge in [-0.15, -0.1) is 0 Å². The first-order valence-corrected chi connectivity index (χ1v) is 10.8. The van der Waals surface area contributed by atoms with Crippen LogP contribution in [0, 0.1) is 0 Å². The summed E-state index contributed by atoms with van der Waals surface area (Å²) in [6.45, 7) is 0.816. The Labute approximate surface area is 200 Å². The molecule has 0 bridgehead atoms. The first-order chi connectivity index (χ1) is 15.5. The maximum Gasteiger partial charge on any atom is 0.255 e. The Morgan fingerprint density at radius 3 is 2.53 bits per heavy atom. The maximum atomic E-state index is 12.7. The minimum atomic E-state index is -0.237. The van der Waals surface area contributed by atoms with Gasteiger partial charge in [0.25, 0.3) is 5.91 Å². The zero-order chi connectivity index (χ0) is 22.5. The number of benzene rings is 3. The summed E-state index contributed by atoms with van der Waals surface area (Å²) in [4.78, 5) is 12.7. The van der Waals surface area contributed by atoms with E-state index in [9.17, 15) is 4.79 Å². The van der Waals surface area contributed by atoms with Gasteiger partial charge in [-0.3, -0.25) is 9.48 Å². The van der Waals surface area contributed by atoms with Crippen LogP contribution in [0.1, 0.15) is 21.5 Å². The summed E-state index contributed by atoms with van der Waals surface area (Å²) in [6.07, 6.45) is 3.38. The number of aromatic nitrogens is 2. The van der Waals surface area contributed by atoms with E-state index in [1.807, 2.05) is 30.3 Å². The van der Waals surface area contributed by atoms with E-state index in [2.05, 4.69) is 10.4 Å². The number of halogens is 3. The van der Waals surface area contributed by atoms with Gasteiger partial charge in [-0.25, -0.2) is 0 Å². The second kappa shape index (κ2) is 10.1. The second-order valence-corrected chi connectivity index (χ2v) is 8.35. The zero-order valence-corrected chi connectivity index (χ0v) is 19.0. The molecule has 1 heterocycles. The SMILES string of the molecule is O=C(Nc1cnn(Cc2cccc(Cl)c2)c1)c1cccc(COc2ccc(Cl)cc2Cl)c1. The summed E-state index contributed by atoms with van der Waals surface area (Å²) in [6, 6.07) is 19.8. The Morgan fingerprint density at radius 1 is 0.938 bits per heavy atom. The number of nitrogens with zero attached hydrogens (tertiary/aromatic N) is 2. The zero-order valence-electron chi connectivity index (χ0n) is 16.8. The standard InChI is InChI=1S/C24H18Cl3N3O2/c25-19-6-2-3-16(10-19)13-30-14-21(12-28-30)29-24(31)18-5-1-4-17(9-18)15-32-23-8-7-20(26)11-22(23)27/h1-12,14H,13,15H2,(H,29,31). The van der Waals surface area contributed by atoms with Crippen molar-refractivity contribution in [3.8, 4) is 5.75 Å². The molecule has 0 unspecified atom stereocenters. The van der Waals surface area contributed by atoms with Crippen LogP contribution in [0.25, 0.3) is 0 Å². The third-order valence-electron chi connectivity index (χ3n) is 4.60. The number of hydrogen-bond donors (Lipinski definition) is 1. The fraction of sp³-hybridized carbons (Fsp3) is 0.0833. The van der Waals surface area contributed by atoms with Crippen molar-refractivity contribution in [3.05, 3.63) is 111 Å². The summed E-state index contributed by atoms with van der Waals surface area (Å²) in [5.74, 6) is 0.289. The van der Waals surface area contributed by atoms with Gasteiger partial charge in [0.05, 0.1) is 23.5 Å². The van der Waals surface area contributed by atoms with Crippen molar-refractivity contribution in [2.24, 2.45) is 0 Å². The highest BCUT2D eigenvalue weighted by Gasteiger charge is 2.10. The topological polar surface area (TPSA) is 56.2 Å². The molecule has 32 heavy (non-hydrogen) atoms. The van der Waals surface area contributed by atoms with E-state index in [-0.39, 0.29) is 12.5 Å². The molecule has 5 nitrogen and oxygen atoms in total. The van der Waals surface area contributed by atoms with Gasteiger partial charge in [0.2, 0.25) is 0 Å². The average molecular weight is 487 g/mol. The number of ether oxygens (including phenoxy) is 1. The summed E-state index contributed by atoms with van der Waals surface area (Å²) >= 11 is 18.1. The highest BCUT2D eigenvalue weighted by molar-refractivity contribution is 6.35. The van der Waals surface area contributed by atoms with E-state index < -0.39 is 0 Å². The Bertz CT molecular complexity index is 1260. The average Bonchev–Trinajstić information content (AvgIpc) is 3.20. The normalized spacial score (nSPS) is 10.7. The third-order valence-corrected chi connectivity index (χ3v) is 5.37. The number of hydrogen-bond acceptors (Lipinski definition) is 3. The van der Waals surface area contributed by atoms with Gasteiger partial charge in [0.1, 0.15) is 12.4 Å². The third kappa shape index (κ3) is 5.82. The molecule has 1 N–H and O–H groups in total. The molecule has 0 saturated carbocycles. The van der Waals surface area contributed by atoms with Crippen LogP contribution in [0.4, 0.5) is 5.69 Å². The largest absolute Gasteiger partial charge is 0.487 e. The van der Waals surface area contributed by atoms with E-state index in [1.165, 1.54) is 0 Å². The smallest absolute Gasteiger partial charge is 0.255 e. The summed E-state index contributed by atoms with van der Waals surface area (Å²) in [7, 11) is 0. The quantitative estimate of drug-likeness (QED) is 0.315. The number of carbonyl (C=O) groups excluding carboxylic acids is 1. The minimum absolute atomic E-state index is 0.237. The molecule has 0 spiro atoms. The van der Waals surface area contributed by atoms with Gasteiger partial charge in [0.15, 0.2) is 0 Å². The number of amides is 1. The maximum absolute atomic E-state index is 12.7.